The smallest absolute Gasteiger partial charge is 0.321 e. The van der Waals surface area contributed by atoms with Gasteiger partial charge in [0, 0.05) is 11.5 Å². The minimum atomic E-state index is -0.605. The summed E-state index contributed by atoms with van der Waals surface area (Å²) in [5.41, 5.74) is 0.172. The molecule has 0 spiro atoms. The minimum absolute atomic E-state index is 0.0251. The number of anilines is 1. The van der Waals surface area contributed by atoms with Gasteiger partial charge in [0.15, 0.2) is 11.6 Å². The van der Waals surface area contributed by atoms with Crippen LogP contribution in [-0.2, 0) is 0 Å². The third-order valence-corrected chi connectivity index (χ3v) is 3.56. The van der Waals surface area contributed by atoms with Crippen LogP contribution in [0.4, 0.5) is 10.3 Å². The van der Waals surface area contributed by atoms with Gasteiger partial charge in [-0.1, -0.05) is 11.6 Å². The first kappa shape index (κ1) is 14.0. The molecule has 5 nitrogen and oxygen atoms in total. The van der Waals surface area contributed by atoms with E-state index < -0.39 is 5.82 Å². The highest BCUT2D eigenvalue weighted by molar-refractivity contribution is 9.10. The SMILES string of the molecule is CNc1nc(OC)nc(-c2ccc(Br)c(Cl)c2F)n1. The van der Waals surface area contributed by atoms with Crippen molar-refractivity contribution in [1.29, 1.82) is 0 Å². The Morgan fingerprint density at radius 3 is 2.68 bits per heavy atom. The first-order valence-corrected chi connectivity index (χ1v) is 6.35. The van der Waals surface area contributed by atoms with E-state index in [2.05, 4.69) is 36.2 Å². The predicted molar refractivity (Wildman–Crippen MR) is 74.0 cm³/mol. The number of hydrogen-bond donors (Lipinski definition) is 1. The molecule has 0 unspecified atom stereocenters. The van der Waals surface area contributed by atoms with E-state index in [1.165, 1.54) is 13.2 Å². The molecule has 0 aliphatic heterocycles. The van der Waals surface area contributed by atoms with Crippen molar-refractivity contribution in [2.24, 2.45) is 0 Å². The van der Waals surface area contributed by atoms with Crippen LogP contribution in [0, 0.1) is 5.82 Å². The molecule has 0 bridgehead atoms. The maximum Gasteiger partial charge on any atom is 0.321 e. The molecule has 2 rings (SSSR count). The zero-order chi connectivity index (χ0) is 14.0. The second kappa shape index (κ2) is 5.66. The zero-order valence-corrected chi connectivity index (χ0v) is 12.4. The third-order valence-electron chi connectivity index (χ3n) is 2.30. The fourth-order valence-electron chi connectivity index (χ4n) is 1.38. The van der Waals surface area contributed by atoms with Crippen LogP contribution < -0.4 is 10.1 Å². The summed E-state index contributed by atoms with van der Waals surface area (Å²) in [4.78, 5) is 12.0. The number of rotatable bonds is 3. The summed E-state index contributed by atoms with van der Waals surface area (Å²) >= 11 is 8.99. The van der Waals surface area contributed by atoms with Crippen molar-refractivity contribution in [1.82, 2.24) is 15.0 Å². The largest absolute Gasteiger partial charge is 0.467 e. The molecule has 2 aromatic rings. The Labute approximate surface area is 122 Å². The van der Waals surface area contributed by atoms with E-state index >= 15 is 0 Å². The van der Waals surface area contributed by atoms with Crippen molar-refractivity contribution in [3.8, 4) is 17.4 Å². The molecule has 100 valence electrons. The van der Waals surface area contributed by atoms with Crippen LogP contribution in [0.5, 0.6) is 6.01 Å². The molecular weight excluding hydrogens is 339 g/mol. The van der Waals surface area contributed by atoms with E-state index in [9.17, 15) is 4.39 Å². The topological polar surface area (TPSA) is 59.9 Å². The van der Waals surface area contributed by atoms with E-state index in [4.69, 9.17) is 16.3 Å². The molecule has 1 heterocycles. The van der Waals surface area contributed by atoms with Gasteiger partial charge in [-0.25, -0.2) is 4.39 Å². The first-order chi connectivity index (χ1) is 9.06. The van der Waals surface area contributed by atoms with Crippen molar-refractivity contribution in [2.45, 2.75) is 0 Å². The van der Waals surface area contributed by atoms with E-state index in [1.54, 1.807) is 13.1 Å². The number of halogens is 3. The predicted octanol–water partition coefficient (Wildman–Crippen LogP) is 3.14. The summed E-state index contributed by atoms with van der Waals surface area (Å²) in [7, 11) is 3.06. The Kier molecular flexibility index (Phi) is 4.16. The quantitative estimate of drug-likeness (QED) is 0.864. The zero-order valence-electron chi connectivity index (χ0n) is 10.0. The number of ether oxygens (including phenoxy) is 1. The van der Waals surface area contributed by atoms with Crippen molar-refractivity contribution in [3.63, 3.8) is 0 Å². The van der Waals surface area contributed by atoms with Crippen LogP contribution in [0.25, 0.3) is 11.4 Å². The maximum atomic E-state index is 14.1. The van der Waals surface area contributed by atoms with Gasteiger partial charge >= 0.3 is 6.01 Å². The van der Waals surface area contributed by atoms with Crippen LogP contribution in [0.3, 0.4) is 0 Å². The lowest BCUT2D eigenvalue weighted by atomic mass is 10.2. The Morgan fingerprint density at radius 1 is 1.32 bits per heavy atom. The molecule has 0 atom stereocenters. The van der Waals surface area contributed by atoms with Crippen LogP contribution in [0.15, 0.2) is 16.6 Å². The van der Waals surface area contributed by atoms with Gasteiger partial charge in [0.25, 0.3) is 0 Å². The van der Waals surface area contributed by atoms with Crippen molar-refractivity contribution in [2.75, 3.05) is 19.5 Å². The van der Waals surface area contributed by atoms with Gasteiger partial charge in [-0.2, -0.15) is 15.0 Å². The van der Waals surface area contributed by atoms with Crippen LogP contribution in [0.2, 0.25) is 5.02 Å². The summed E-state index contributed by atoms with van der Waals surface area (Å²) in [6.45, 7) is 0. The Morgan fingerprint density at radius 2 is 2.05 bits per heavy atom. The van der Waals surface area contributed by atoms with Gasteiger partial charge < -0.3 is 10.1 Å². The lowest BCUT2D eigenvalue weighted by Crippen LogP contribution is -2.04. The second-order valence-electron chi connectivity index (χ2n) is 3.44. The molecule has 0 saturated heterocycles. The van der Waals surface area contributed by atoms with Crippen molar-refractivity contribution in [3.05, 3.63) is 27.4 Å². The van der Waals surface area contributed by atoms with Crippen LogP contribution in [-0.4, -0.2) is 29.1 Å². The number of benzene rings is 1. The van der Waals surface area contributed by atoms with Crippen molar-refractivity contribution >= 4 is 33.5 Å². The molecule has 0 amide bonds. The van der Waals surface area contributed by atoms with E-state index in [-0.39, 0.29) is 28.4 Å². The molecule has 19 heavy (non-hydrogen) atoms. The lowest BCUT2D eigenvalue weighted by molar-refractivity contribution is 0.379. The van der Waals surface area contributed by atoms with E-state index in [0.717, 1.165) is 0 Å². The number of nitrogens with zero attached hydrogens (tertiary/aromatic N) is 3. The van der Waals surface area contributed by atoms with Gasteiger partial charge in [-0.15, -0.1) is 0 Å². The fourth-order valence-corrected chi connectivity index (χ4v) is 1.85. The summed E-state index contributed by atoms with van der Waals surface area (Å²) in [6.07, 6.45) is 0. The number of methoxy groups -OCH3 is 1. The molecule has 0 aliphatic rings. The third kappa shape index (κ3) is 2.76. The van der Waals surface area contributed by atoms with Gasteiger partial charge in [-0.05, 0) is 28.1 Å². The van der Waals surface area contributed by atoms with Gasteiger partial charge in [0.05, 0.1) is 17.7 Å². The average Bonchev–Trinajstić information content (AvgIpc) is 2.44. The highest BCUT2D eigenvalue weighted by atomic mass is 79.9. The fraction of sp³-hybridized carbons (Fsp3) is 0.182. The normalized spacial score (nSPS) is 10.4. The molecule has 0 radical (unpaired) electrons. The van der Waals surface area contributed by atoms with Gasteiger partial charge in [-0.3, -0.25) is 0 Å². The number of aromatic nitrogens is 3. The average molecular weight is 348 g/mol. The first-order valence-electron chi connectivity index (χ1n) is 5.18. The molecule has 1 N–H and O–H groups in total. The highest BCUT2D eigenvalue weighted by Crippen LogP contribution is 2.32. The van der Waals surface area contributed by atoms with Crippen LogP contribution >= 0.6 is 27.5 Å². The summed E-state index contributed by atoms with van der Waals surface area (Å²) in [6, 6.07) is 3.24. The standard InChI is InChI=1S/C11H9BrClFN4O/c1-15-10-16-9(17-11(18-10)19-2)5-3-4-6(12)7(13)8(5)14/h3-4H,1-2H3,(H,15,16,17,18). The molecule has 1 aromatic heterocycles. The van der Waals surface area contributed by atoms with Crippen LogP contribution in [0.1, 0.15) is 0 Å². The second-order valence-corrected chi connectivity index (χ2v) is 4.67. The van der Waals surface area contributed by atoms with Gasteiger partial charge in [0.2, 0.25) is 5.95 Å². The molecule has 0 fully saturated rings. The molecule has 8 heteroatoms. The van der Waals surface area contributed by atoms with Gasteiger partial charge in [0.1, 0.15) is 0 Å². The van der Waals surface area contributed by atoms with Crippen molar-refractivity contribution < 1.29 is 9.13 Å². The molecular formula is C11H9BrClFN4O. The number of nitrogens with one attached hydrogen (secondary N) is 1. The Balaban J connectivity index is 2.61. The summed E-state index contributed by atoms with van der Waals surface area (Å²) in [5, 5.41) is 2.73. The Bertz CT molecular complexity index is 604. The molecule has 0 saturated carbocycles. The van der Waals surface area contributed by atoms with E-state index in [0.29, 0.717) is 4.47 Å². The monoisotopic (exact) mass is 346 g/mol. The summed E-state index contributed by atoms with van der Waals surface area (Å²) < 4.78 is 19.5. The summed E-state index contributed by atoms with van der Waals surface area (Å²) in [5.74, 6) is -0.185. The molecule has 1 aromatic carbocycles. The number of hydrogen-bond acceptors (Lipinski definition) is 5. The highest BCUT2D eigenvalue weighted by Gasteiger charge is 2.16. The Hall–Kier alpha value is -1.47. The minimum Gasteiger partial charge on any atom is -0.467 e. The molecule has 0 aliphatic carbocycles. The maximum absolute atomic E-state index is 14.1. The van der Waals surface area contributed by atoms with E-state index in [1.807, 2.05) is 0 Å². The lowest BCUT2D eigenvalue weighted by Gasteiger charge is -2.08.